The number of aliphatic imine (C=N–C) groups is 1. The molecule has 3 aliphatic heterocycles. The minimum absolute atomic E-state index is 0.0302. The second kappa shape index (κ2) is 12.4. The van der Waals surface area contributed by atoms with Gasteiger partial charge in [-0.1, -0.05) is 48.5 Å². The summed E-state index contributed by atoms with van der Waals surface area (Å²) in [5.41, 5.74) is 2.88. The van der Waals surface area contributed by atoms with E-state index >= 15 is 0 Å². The summed E-state index contributed by atoms with van der Waals surface area (Å²) in [6.45, 7) is 6.06. The van der Waals surface area contributed by atoms with E-state index in [0.29, 0.717) is 24.4 Å². The maximum atomic E-state index is 13.1. The molecule has 4 rings (SSSR count). The van der Waals surface area contributed by atoms with E-state index in [2.05, 4.69) is 10.2 Å². The molecule has 0 radical (unpaired) electrons. The van der Waals surface area contributed by atoms with Crippen molar-refractivity contribution in [2.45, 2.75) is 38.6 Å². The molecule has 1 amide bonds. The summed E-state index contributed by atoms with van der Waals surface area (Å²) in [5, 5.41) is 5.80. The number of hydrogen-bond acceptors (Lipinski definition) is 8. The summed E-state index contributed by atoms with van der Waals surface area (Å²) in [5.74, 6) is -0.448. The van der Waals surface area contributed by atoms with Gasteiger partial charge in [0.1, 0.15) is 6.61 Å². The highest BCUT2D eigenvalue weighted by molar-refractivity contribution is 8.16. The zero-order valence-electron chi connectivity index (χ0n) is 20.5. The molecule has 0 aromatic heterocycles. The lowest BCUT2D eigenvalue weighted by Gasteiger charge is -2.36. The molecule has 1 N–H and O–H groups in total. The van der Waals surface area contributed by atoms with Gasteiger partial charge in [0.25, 0.3) is 0 Å². The van der Waals surface area contributed by atoms with Gasteiger partial charge in [0.2, 0.25) is 5.91 Å². The first-order valence-electron chi connectivity index (χ1n) is 12.2. The Morgan fingerprint density at radius 2 is 1.91 bits per heavy atom. The second-order valence-corrected chi connectivity index (χ2v) is 9.70. The van der Waals surface area contributed by atoms with E-state index in [1.54, 1.807) is 7.11 Å². The zero-order valence-corrected chi connectivity index (χ0v) is 21.3. The molecule has 0 aliphatic carbocycles. The first-order valence-corrected chi connectivity index (χ1v) is 13.1. The van der Waals surface area contributed by atoms with Crippen LogP contribution in [0.1, 0.15) is 44.2 Å². The van der Waals surface area contributed by atoms with Gasteiger partial charge in [0.15, 0.2) is 5.17 Å². The highest BCUT2D eigenvalue weighted by Gasteiger charge is 2.41. The van der Waals surface area contributed by atoms with Gasteiger partial charge in [-0.3, -0.25) is 4.79 Å². The number of carbonyl (C=O) groups excluding carboxylic acids is 2. The molecule has 3 heterocycles. The van der Waals surface area contributed by atoms with Gasteiger partial charge < -0.3 is 24.6 Å². The number of likely N-dealkylation sites (tertiary alicyclic amines) is 1. The molecule has 9 heteroatoms. The normalized spacial score (nSPS) is 20.3. The standard InChI is InChI=1S/C26H34N4O4S/c1-19-23(25(32)34-16-15-33-2)24(20-9-5-3-6-10-20)30-21(18-35-26(30)28-19)17-22(31)27-11-14-29-12-7-4-8-13-29/h3,5-6,9-10,18,24H,4,7-8,11-17H2,1-2H3,(H,27,31). The van der Waals surface area contributed by atoms with E-state index in [0.717, 1.165) is 36.1 Å². The molecule has 1 unspecified atom stereocenters. The van der Waals surface area contributed by atoms with Crippen molar-refractivity contribution in [1.29, 1.82) is 0 Å². The number of esters is 1. The van der Waals surface area contributed by atoms with Crippen molar-refractivity contribution in [2.24, 2.45) is 4.99 Å². The van der Waals surface area contributed by atoms with Crippen LogP contribution in [0.5, 0.6) is 0 Å². The van der Waals surface area contributed by atoms with Crippen LogP contribution in [0.15, 0.2) is 57.7 Å². The number of amides is 1. The molecule has 1 aromatic rings. The Hall–Kier alpha value is -2.62. The lowest BCUT2D eigenvalue weighted by molar-refractivity contribution is -0.141. The Labute approximate surface area is 211 Å². The number of hydrogen-bond donors (Lipinski definition) is 1. The van der Waals surface area contributed by atoms with Crippen LogP contribution < -0.4 is 5.32 Å². The van der Waals surface area contributed by atoms with Crippen LogP contribution in [0.4, 0.5) is 0 Å². The summed E-state index contributed by atoms with van der Waals surface area (Å²) < 4.78 is 10.5. The third-order valence-corrected chi connectivity index (χ3v) is 7.29. The van der Waals surface area contributed by atoms with Gasteiger partial charge in [-0.2, -0.15) is 0 Å². The number of fused-ring (bicyclic) bond motifs is 1. The number of nitrogens with one attached hydrogen (secondary N) is 1. The zero-order chi connectivity index (χ0) is 24.6. The van der Waals surface area contributed by atoms with Crippen LogP contribution >= 0.6 is 11.8 Å². The van der Waals surface area contributed by atoms with E-state index in [9.17, 15) is 9.59 Å². The highest BCUT2D eigenvalue weighted by atomic mass is 32.2. The van der Waals surface area contributed by atoms with E-state index in [-0.39, 0.29) is 18.9 Å². The fourth-order valence-corrected chi connectivity index (χ4v) is 5.60. The number of rotatable bonds is 10. The molecule has 0 spiro atoms. The lowest BCUT2D eigenvalue weighted by atomic mass is 9.94. The maximum absolute atomic E-state index is 13.1. The monoisotopic (exact) mass is 498 g/mol. The van der Waals surface area contributed by atoms with Crippen LogP contribution in [0.2, 0.25) is 0 Å². The number of allylic oxidation sites excluding steroid dienone is 1. The Bertz CT molecular complexity index is 1000. The SMILES string of the molecule is COCCOC(=O)C1=C(C)N=C2SC=C(CC(=O)NCCN3CCCCC3)N2C1c1ccccc1. The van der Waals surface area contributed by atoms with Crippen molar-refractivity contribution in [3.8, 4) is 0 Å². The third kappa shape index (κ3) is 6.34. The number of ether oxygens (including phenoxy) is 2. The Balaban J connectivity index is 1.48. The summed E-state index contributed by atoms with van der Waals surface area (Å²) >= 11 is 1.48. The Morgan fingerprint density at radius 1 is 1.14 bits per heavy atom. The molecule has 0 bridgehead atoms. The largest absolute Gasteiger partial charge is 0.460 e. The number of amidine groups is 1. The van der Waals surface area contributed by atoms with Gasteiger partial charge in [-0.05, 0) is 43.8 Å². The van der Waals surface area contributed by atoms with Crippen LogP contribution in [-0.2, 0) is 19.1 Å². The molecule has 1 atom stereocenters. The summed E-state index contributed by atoms with van der Waals surface area (Å²) in [6.07, 6.45) is 3.99. The number of methoxy groups -OCH3 is 1. The van der Waals surface area contributed by atoms with E-state index in [4.69, 9.17) is 14.5 Å². The Morgan fingerprint density at radius 3 is 2.66 bits per heavy atom. The van der Waals surface area contributed by atoms with Crippen molar-refractivity contribution in [3.05, 3.63) is 58.3 Å². The summed E-state index contributed by atoms with van der Waals surface area (Å²) in [6, 6.07) is 9.40. The van der Waals surface area contributed by atoms with Gasteiger partial charge in [-0.15, -0.1) is 0 Å². The highest BCUT2D eigenvalue weighted by Crippen LogP contribution is 2.44. The van der Waals surface area contributed by atoms with Crippen molar-refractivity contribution in [2.75, 3.05) is 46.5 Å². The van der Waals surface area contributed by atoms with E-state index in [1.165, 1.54) is 31.0 Å². The van der Waals surface area contributed by atoms with E-state index < -0.39 is 12.0 Å². The Kier molecular flexibility index (Phi) is 9.01. The van der Waals surface area contributed by atoms with Crippen LogP contribution in [-0.4, -0.2) is 73.3 Å². The molecule has 8 nitrogen and oxygen atoms in total. The van der Waals surface area contributed by atoms with E-state index in [1.807, 2.05) is 47.6 Å². The lowest BCUT2D eigenvalue weighted by Crippen LogP contribution is -2.40. The summed E-state index contributed by atoms with van der Waals surface area (Å²) in [4.78, 5) is 35.1. The topological polar surface area (TPSA) is 83.5 Å². The first kappa shape index (κ1) is 25.5. The summed E-state index contributed by atoms with van der Waals surface area (Å²) in [7, 11) is 1.57. The number of benzene rings is 1. The predicted molar refractivity (Wildman–Crippen MR) is 138 cm³/mol. The number of carbonyl (C=O) groups is 2. The fraction of sp³-hybridized carbons (Fsp3) is 0.500. The molecule has 1 saturated heterocycles. The van der Waals surface area contributed by atoms with Crippen LogP contribution in [0.25, 0.3) is 0 Å². The smallest absolute Gasteiger partial charge is 0.338 e. The van der Waals surface area contributed by atoms with Gasteiger partial charge in [0.05, 0.1) is 30.3 Å². The minimum atomic E-state index is -0.418. The fourth-order valence-electron chi connectivity index (χ4n) is 4.64. The van der Waals surface area contributed by atoms with Gasteiger partial charge >= 0.3 is 5.97 Å². The number of nitrogens with zero attached hydrogens (tertiary/aromatic N) is 3. The molecule has 35 heavy (non-hydrogen) atoms. The minimum Gasteiger partial charge on any atom is -0.460 e. The van der Waals surface area contributed by atoms with Crippen LogP contribution in [0, 0.1) is 0 Å². The quantitative estimate of drug-likeness (QED) is 0.391. The predicted octanol–water partition coefficient (Wildman–Crippen LogP) is 3.44. The molecular formula is C26H34N4O4S. The second-order valence-electron chi connectivity index (χ2n) is 8.86. The van der Waals surface area contributed by atoms with Crippen molar-refractivity contribution < 1.29 is 19.1 Å². The molecule has 1 fully saturated rings. The number of thioether (sulfide) groups is 1. The average Bonchev–Trinajstić information content (AvgIpc) is 3.26. The van der Waals surface area contributed by atoms with Crippen molar-refractivity contribution >= 4 is 28.8 Å². The van der Waals surface area contributed by atoms with Crippen molar-refractivity contribution in [1.82, 2.24) is 15.1 Å². The molecule has 188 valence electrons. The molecule has 3 aliphatic rings. The third-order valence-electron chi connectivity index (χ3n) is 6.40. The maximum Gasteiger partial charge on any atom is 0.338 e. The van der Waals surface area contributed by atoms with Gasteiger partial charge in [-0.25, -0.2) is 9.79 Å². The van der Waals surface area contributed by atoms with Gasteiger partial charge in [0, 0.05) is 25.9 Å². The van der Waals surface area contributed by atoms with Crippen LogP contribution in [0.3, 0.4) is 0 Å². The first-order chi connectivity index (χ1) is 17.1. The molecule has 0 saturated carbocycles. The van der Waals surface area contributed by atoms with Crippen molar-refractivity contribution in [3.63, 3.8) is 0 Å². The number of piperidine rings is 1. The average molecular weight is 499 g/mol. The molecule has 1 aromatic carbocycles. The molecular weight excluding hydrogens is 464 g/mol.